The normalized spacial score (nSPS) is 11.8. The third-order valence-electron chi connectivity index (χ3n) is 3.89. The zero-order chi connectivity index (χ0) is 13.4. The first-order valence-electron chi connectivity index (χ1n) is 7.11. The highest BCUT2D eigenvalue weighted by Gasteiger charge is 2.25. The highest BCUT2D eigenvalue weighted by atomic mass is 35.5. The Hall–Kier alpha value is -0.530. The van der Waals surface area contributed by atoms with Crippen LogP contribution in [0, 0.1) is 5.41 Å². The summed E-state index contributed by atoms with van der Waals surface area (Å²) in [7, 11) is 0. The van der Waals surface area contributed by atoms with E-state index in [1.165, 1.54) is 24.8 Å². The second-order valence-electron chi connectivity index (χ2n) is 5.19. The van der Waals surface area contributed by atoms with E-state index in [0.29, 0.717) is 5.41 Å². The smallest absolute Gasteiger partial charge is 0.0408 e. The van der Waals surface area contributed by atoms with Crippen molar-refractivity contribution in [1.82, 2.24) is 5.32 Å². The van der Waals surface area contributed by atoms with E-state index in [1.807, 2.05) is 12.1 Å². The number of rotatable bonds is 8. The number of hydrogen-bond donors (Lipinski definition) is 1. The lowest BCUT2D eigenvalue weighted by atomic mass is 9.77. The Labute approximate surface area is 117 Å². The summed E-state index contributed by atoms with van der Waals surface area (Å²) in [5.74, 6) is 0. The van der Waals surface area contributed by atoms with Crippen molar-refractivity contribution >= 4 is 11.6 Å². The van der Waals surface area contributed by atoms with E-state index in [1.54, 1.807) is 0 Å². The van der Waals surface area contributed by atoms with Gasteiger partial charge in [0.05, 0.1) is 0 Å². The van der Waals surface area contributed by atoms with Gasteiger partial charge in [-0.25, -0.2) is 0 Å². The fraction of sp³-hybridized carbons (Fsp3) is 0.625. The van der Waals surface area contributed by atoms with E-state index in [-0.39, 0.29) is 0 Å². The number of hydrogen-bond acceptors (Lipinski definition) is 1. The predicted octanol–water partition coefficient (Wildman–Crippen LogP) is 4.69. The van der Waals surface area contributed by atoms with Crippen LogP contribution in [0.5, 0.6) is 0 Å². The second kappa shape index (κ2) is 7.81. The zero-order valence-corrected chi connectivity index (χ0v) is 12.7. The van der Waals surface area contributed by atoms with Crippen LogP contribution in [0.3, 0.4) is 0 Å². The fourth-order valence-corrected chi connectivity index (χ4v) is 2.64. The van der Waals surface area contributed by atoms with E-state index < -0.39 is 0 Å². The van der Waals surface area contributed by atoms with Crippen molar-refractivity contribution in [1.29, 1.82) is 0 Å². The third-order valence-corrected chi connectivity index (χ3v) is 4.13. The summed E-state index contributed by atoms with van der Waals surface area (Å²) in [6.45, 7) is 9.00. The van der Waals surface area contributed by atoms with Gasteiger partial charge in [0.15, 0.2) is 0 Å². The molecule has 0 unspecified atom stereocenters. The largest absolute Gasteiger partial charge is 0.316 e. The molecule has 102 valence electrons. The molecule has 0 radical (unpaired) electrons. The highest BCUT2D eigenvalue weighted by Crippen LogP contribution is 2.31. The molecule has 1 nitrogen and oxygen atoms in total. The quantitative estimate of drug-likeness (QED) is 0.674. The molecule has 0 saturated carbocycles. The highest BCUT2D eigenvalue weighted by molar-refractivity contribution is 6.30. The molecule has 0 spiro atoms. The summed E-state index contributed by atoms with van der Waals surface area (Å²) in [5.41, 5.74) is 1.71. The summed E-state index contributed by atoms with van der Waals surface area (Å²) >= 11 is 6.07. The van der Waals surface area contributed by atoms with Crippen LogP contribution in [0.25, 0.3) is 0 Å². The van der Waals surface area contributed by atoms with Crippen LogP contribution in [0.4, 0.5) is 0 Å². The van der Waals surface area contributed by atoms with Crippen LogP contribution in [0.2, 0.25) is 5.02 Å². The van der Waals surface area contributed by atoms with E-state index in [0.717, 1.165) is 24.5 Å². The molecule has 1 rings (SSSR count). The van der Waals surface area contributed by atoms with Gasteiger partial charge in [-0.05, 0) is 55.3 Å². The van der Waals surface area contributed by atoms with Crippen LogP contribution in [0.15, 0.2) is 24.3 Å². The Morgan fingerprint density at radius 2 is 1.89 bits per heavy atom. The first-order chi connectivity index (χ1) is 8.65. The Bertz CT molecular complexity index is 345. The summed E-state index contributed by atoms with van der Waals surface area (Å²) in [6, 6.07) is 8.28. The Morgan fingerprint density at radius 3 is 2.44 bits per heavy atom. The average Bonchev–Trinajstić information content (AvgIpc) is 2.38. The first kappa shape index (κ1) is 15.5. The lowest BCUT2D eigenvalue weighted by Crippen LogP contribution is -2.35. The van der Waals surface area contributed by atoms with Crippen molar-refractivity contribution in [2.24, 2.45) is 5.41 Å². The Balaban J connectivity index is 2.71. The number of halogens is 1. The maximum Gasteiger partial charge on any atom is 0.0408 e. The Morgan fingerprint density at radius 1 is 1.17 bits per heavy atom. The van der Waals surface area contributed by atoms with Gasteiger partial charge in [0.25, 0.3) is 0 Å². The van der Waals surface area contributed by atoms with Gasteiger partial charge in [0.2, 0.25) is 0 Å². The standard InChI is InChI=1S/C16H26ClN/c1-4-10-18-13-16(5-2,6-3)12-14-8-7-9-15(17)11-14/h7-9,11,18H,4-6,10,12-13H2,1-3H3. The lowest BCUT2D eigenvalue weighted by Gasteiger charge is -2.32. The molecule has 1 aromatic carbocycles. The van der Waals surface area contributed by atoms with Gasteiger partial charge in [-0.15, -0.1) is 0 Å². The molecule has 1 aromatic rings. The van der Waals surface area contributed by atoms with Crippen molar-refractivity contribution < 1.29 is 0 Å². The molecule has 2 heteroatoms. The molecule has 0 saturated heterocycles. The van der Waals surface area contributed by atoms with Crippen molar-refractivity contribution in [2.45, 2.75) is 46.5 Å². The summed E-state index contributed by atoms with van der Waals surface area (Å²) in [6.07, 6.45) is 4.71. The maximum absolute atomic E-state index is 6.07. The minimum absolute atomic E-state index is 0.361. The SMILES string of the molecule is CCCNCC(CC)(CC)Cc1cccc(Cl)c1. The molecule has 1 N–H and O–H groups in total. The molecule has 0 aromatic heterocycles. The van der Waals surface area contributed by atoms with Gasteiger partial charge in [-0.1, -0.05) is 44.5 Å². The minimum atomic E-state index is 0.361. The van der Waals surface area contributed by atoms with Gasteiger partial charge in [0, 0.05) is 11.6 Å². The summed E-state index contributed by atoms with van der Waals surface area (Å²) < 4.78 is 0. The molecule has 0 atom stereocenters. The molecule has 0 fully saturated rings. The first-order valence-corrected chi connectivity index (χ1v) is 7.48. The van der Waals surface area contributed by atoms with E-state index >= 15 is 0 Å². The lowest BCUT2D eigenvalue weighted by molar-refractivity contribution is 0.247. The van der Waals surface area contributed by atoms with Crippen molar-refractivity contribution in [3.05, 3.63) is 34.9 Å². The van der Waals surface area contributed by atoms with Gasteiger partial charge in [0.1, 0.15) is 0 Å². The molecule has 0 bridgehead atoms. The van der Waals surface area contributed by atoms with E-state index in [2.05, 4.69) is 38.2 Å². The predicted molar refractivity (Wildman–Crippen MR) is 81.3 cm³/mol. The van der Waals surface area contributed by atoms with Gasteiger partial charge in [-0.3, -0.25) is 0 Å². The number of nitrogens with one attached hydrogen (secondary N) is 1. The molecular formula is C16H26ClN. The van der Waals surface area contributed by atoms with Gasteiger partial charge in [-0.2, -0.15) is 0 Å². The van der Waals surface area contributed by atoms with Gasteiger partial charge >= 0.3 is 0 Å². The van der Waals surface area contributed by atoms with Crippen molar-refractivity contribution in [3.8, 4) is 0 Å². The molecule has 0 aliphatic carbocycles. The number of benzene rings is 1. The fourth-order valence-electron chi connectivity index (χ4n) is 2.42. The molecular weight excluding hydrogens is 242 g/mol. The Kier molecular flexibility index (Phi) is 6.73. The topological polar surface area (TPSA) is 12.0 Å². The molecule has 0 amide bonds. The van der Waals surface area contributed by atoms with Crippen LogP contribution in [0.1, 0.15) is 45.6 Å². The third kappa shape index (κ3) is 4.62. The summed E-state index contributed by atoms with van der Waals surface area (Å²) in [4.78, 5) is 0. The van der Waals surface area contributed by atoms with Crippen LogP contribution in [-0.2, 0) is 6.42 Å². The average molecular weight is 268 g/mol. The zero-order valence-electron chi connectivity index (χ0n) is 11.9. The molecule has 0 aliphatic heterocycles. The molecule has 0 aliphatic rings. The monoisotopic (exact) mass is 267 g/mol. The second-order valence-corrected chi connectivity index (χ2v) is 5.63. The van der Waals surface area contributed by atoms with E-state index in [9.17, 15) is 0 Å². The van der Waals surface area contributed by atoms with Gasteiger partial charge < -0.3 is 5.32 Å². The molecule has 0 heterocycles. The van der Waals surface area contributed by atoms with E-state index in [4.69, 9.17) is 11.6 Å². The van der Waals surface area contributed by atoms with Crippen molar-refractivity contribution in [3.63, 3.8) is 0 Å². The summed E-state index contributed by atoms with van der Waals surface area (Å²) in [5, 5.41) is 4.42. The minimum Gasteiger partial charge on any atom is -0.316 e. The van der Waals surface area contributed by atoms with Crippen LogP contribution < -0.4 is 5.32 Å². The molecule has 18 heavy (non-hydrogen) atoms. The maximum atomic E-state index is 6.07. The van der Waals surface area contributed by atoms with Crippen LogP contribution in [-0.4, -0.2) is 13.1 Å². The van der Waals surface area contributed by atoms with Crippen LogP contribution >= 0.6 is 11.6 Å². The van der Waals surface area contributed by atoms with Crippen molar-refractivity contribution in [2.75, 3.05) is 13.1 Å².